The van der Waals surface area contributed by atoms with Crippen molar-refractivity contribution >= 4 is 5.82 Å². The van der Waals surface area contributed by atoms with Crippen molar-refractivity contribution in [3.63, 3.8) is 0 Å². The molecule has 0 amide bonds. The number of piperidine rings is 1. The molecule has 0 aromatic carbocycles. The third-order valence-corrected chi connectivity index (χ3v) is 2.94. The number of nitrogens with one attached hydrogen (secondary N) is 2. The monoisotopic (exact) mass is 235 g/mol. The van der Waals surface area contributed by atoms with Gasteiger partial charge in [-0.15, -0.1) is 0 Å². The van der Waals surface area contributed by atoms with Crippen LogP contribution in [0, 0.1) is 12.8 Å². The molecule has 0 aliphatic carbocycles. The summed E-state index contributed by atoms with van der Waals surface area (Å²) in [6, 6.07) is 4.15. The highest BCUT2D eigenvalue weighted by Gasteiger charge is 2.12. The van der Waals surface area contributed by atoms with Crippen LogP contribution in [-0.4, -0.2) is 24.6 Å². The summed E-state index contributed by atoms with van der Waals surface area (Å²) in [6.45, 7) is 9.43. The predicted octanol–water partition coefficient (Wildman–Crippen LogP) is 2.83. The van der Waals surface area contributed by atoms with Crippen molar-refractivity contribution in [2.45, 2.75) is 33.6 Å². The van der Waals surface area contributed by atoms with Gasteiger partial charge in [0.05, 0.1) is 0 Å². The molecule has 0 unspecified atom stereocenters. The lowest BCUT2D eigenvalue weighted by Crippen LogP contribution is -2.31. The van der Waals surface area contributed by atoms with Crippen LogP contribution in [-0.2, 0) is 0 Å². The first-order valence-electron chi connectivity index (χ1n) is 6.72. The summed E-state index contributed by atoms with van der Waals surface area (Å²) in [6.07, 6.45) is 4.46. The number of hydrogen-bond acceptors (Lipinski definition) is 3. The molecule has 1 fully saturated rings. The number of hydrogen-bond donors (Lipinski definition) is 2. The minimum atomic E-state index is 0.800. The quantitative estimate of drug-likeness (QED) is 0.846. The third kappa shape index (κ3) is 5.18. The molecular formula is C14H25N3. The maximum absolute atomic E-state index is 4.34. The molecule has 17 heavy (non-hydrogen) atoms. The molecular weight excluding hydrogens is 210 g/mol. The fourth-order valence-electron chi connectivity index (χ4n) is 1.91. The van der Waals surface area contributed by atoms with Crippen molar-refractivity contribution in [2.75, 3.05) is 25.0 Å². The van der Waals surface area contributed by atoms with E-state index in [0.717, 1.165) is 31.4 Å². The molecule has 0 bridgehead atoms. The van der Waals surface area contributed by atoms with E-state index in [4.69, 9.17) is 0 Å². The molecule has 3 heteroatoms. The summed E-state index contributed by atoms with van der Waals surface area (Å²) in [5.74, 6) is 1.80. The van der Waals surface area contributed by atoms with Crippen LogP contribution in [0.3, 0.4) is 0 Å². The Kier molecular flexibility index (Phi) is 6.63. The van der Waals surface area contributed by atoms with Gasteiger partial charge in [0.2, 0.25) is 0 Å². The van der Waals surface area contributed by atoms with Crippen LogP contribution in [0.2, 0.25) is 0 Å². The molecule has 1 aliphatic rings. The Hall–Kier alpha value is -1.09. The van der Waals surface area contributed by atoms with Gasteiger partial charge in [0.1, 0.15) is 5.82 Å². The number of aryl methyl sites for hydroxylation is 1. The summed E-state index contributed by atoms with van der Waals surface area (Å²) >= 11 is 0. The van der Waals surface area contributed by atoms with Crippen molar-refractivity contribution < 1.29 is 0 Å². The fraction of sp³-hybridized carbons (Fsp3) is 0.643. The number of nitrogens with zero attached hydrogens (tertiary/aromatic N) is 1. The van der Waals surface area contributed by atoms with E-state index in [0.29, 0.717) is 0 Å². The van der Waals surface area contributed by atoms with Crippen LogP contribution in [0.15, 0.2) is 18.3 Å². The number of pyridine rings is 1. The molecule has 0 saturated carbocycles. The Balaban J connectivity index is 0.000000686. The van der Waals surface area contributed by atoms with Gasteiger partial charge in [-0.1, -0.05) is 19.9 Å². The molecule has 0 atom stereocenters. The van der Waals surface area contributed by atoms with Gasteiger partial charge in [-0.3, -0.25) is 0 Å². The van der Waals surface area contributed by atoms with Crippen LogP contribution in [0.5, 0.6) is 0 Å². The molecule has 2 N–H and O–H groups in total. The molecule has 1 aliphatic heterocycles. The Morgan fingerprint density at radius 3 is 2.59 bits per heavy atom. The van der Waals surface area contributed by atoms with E-state index in [1.165, 1.54) is 18.4 Å². The lowest BCUT2D eigenvalue weighted by Gasteiger charge is -2.22. The van der Waals surface area contributed by atoms with Crippen molar-refractivity contribution in [2.24, 2.45) is 5.92 Å². The van der Waals surface area contributed by atoms with Crippen LogP contribution >= 0.6 is 0 Å². The van der Waals surface area contributed by atoms with Gasteiger partial charge >= 0.3 is 0 Å². The van der Waals surface area contributed by atoms with E-state index >= 15 is 0 Å². The van der Waals surface area contributed by atoms with E-state index < -0.39 is 0 Å². The Bertz CT molecular complexity index is 289. The summed E-state index contributed by atoms with van der Waals surface area (Å²) < 4.78 is 0. The number of rotatable bonds is 3. The standard InChI is InChI=1S/C12H19N3.C2H6/c1-10-2-3-12(14-8-10)15-9-11-4-6-13-7-5-11;1-2/h2-3,8,11,13H,4-7,9H2,1H3,(H,14,15);1-2H3. The van der Waals surface area contributed by atoms with Crippen molar-refractivity contribution in [1.29, 1.82) is 0 Å². The highest BCUT2D eigenvalue weighted by molar-refractivity contribution is 5.35. The zero-order valence-corrected chi connectivity index (χ0v) is 11.3. The minimum absolute atomic E-state index is 0.800. The second-order valence-corrected chi connectivity index (χ2v) is 4.30. The molecule has 2 rings (SSSR count). The normalized spacial score (nSPS) is 15.9. The average Bonchev–Trinajstić information content (AvgIpc) is 2.42. The van der Waals surface area contributed by atoms with Crippen LogP contribution in [0.25, 0.3) is 0 Å². The van der Waals surface area contributed by atoms with Crippen molar-refractivity contribution in [3.05, 3.63) is 23.9 Å². The van der Waals surface area contributed by atoms with E-state index in [9.17, 15) is 0 Å². The van der Waals surface area contributed by atoms with Gasteiger partial charge in [0, 0.05) is 12.7 Å². The largest absolute Gasteiger partial charge is 0.370 e. The number of aromatic nitrogens is 1. The van der Waals surface area contributed by atoms with Gasteiger partial charge in [-0.25, -0.2) is 4.98 Å². The van der Waals surface area contributed by atoms with E-state index in [-0.39, 0.29) is 0 Å². The molecule has 1 aromatic rings. The molecule has 96 valence electrons. The van der Waals surface area contributed by atoms with Gasteiger partial charge in [-0.2, -0.15) is 0 Å². The van der Waals surface area contributed by atoms with Crippen molar-refractivity contribution in [3.8, 4) is 0 Å². The molecule has 1 aromatic heterocycles. The van der Waals surface area contributed by atoms with Crippen LogP contribution in [0.1, 0.15) is 32.3 Å². The number of anilines is 1. The molecule has 1 saturated heterocycles. The Morgan fingerprint density at radius 1 is 1.29 bits per heavy atom. The summed E-state index contributed by atoms with van der Waals surface area (Å²) in [4.78, 5) is 4.34. The maximum Gasteiger partial charge on any atom is 0.125 e. The van der Waals surface area contributed by atoms with Crippen LogP contribution in [0.4, 0.5) is 5.82 Å². The zero-order chi connectivity index (χ0) is 12.5. The van der Waals surface area contributed by atoms with Gasteiger partial charge in [0.15, 0.2) is 0 Å². The lowest BCUT2D eigenvalue weighted by molar-refractivity contribution is 0.389. The third-order valence-electron chi connectivity index (χ3n) is 2.94. The van der Waals surface area contributed by atoms with Gasteiger partial charge in [-0.05, 0) is 50.4 Å². The van der Waals surface area contributed by atoms with E-state index in [1.54, 1.807) is 0 Å². The predicted molar refractivity (Wildman–Crippen MR) is 74.4 cm³/mol. The zero-order valence-electron chi connectivity index (χ0n) is 11.3. The highest BCUT2D eigenvalue weighted by Crippen LogP contribution is 2.12. The SMILES string of the molecule is CC.Cc1ccc(NCC2CCNCC2)nc1. The van der Waals surface area contributed by atoms with E-state index in [1.807, 2.05) is 20.0 Å². The average molecular weight is 235 g/mol. The molecule has 3 nitrogen and oxygen atoms in total. The Morgan fingerprint density at radius 2 is 2.00 bits per heavy atom. The Labute approximate surface area is 105 Å². The highest BCUT2D eigenvalue weighted by atomic mass is 15.0. The first-order chi connectivity index (χ1) is 8.34. The van der Waals surface area contributed by atoms with Crippen molar-refractivity contribution in [1.82, 2.24) is 10.3 Å². The maximum atomic E-state index is 4.34. The first kappa shape index (κ1) is 14.0. The lowest BCUT2D eigenvalue weighted by atomic mass is 9.98. The smallest absolute Gasteiger partial charge is 0.125 e. The molecule has 2 heterocycles. The molecule has 0 spiro atoms. The van der Waals surface area contributed by atoms with Gasteiger partial charge < -0.3 is 10.6 Å². The van der Waals surface area contributed by atoms with Crippen LogP contribution < -0.4 is 10.6 Å². The minimum Gasteiger partial charge on any atom is -0.370 e. The molecule has 0 radical (unpaired) electrons. The topological polar surface area (TPSA) is 37.0 Å². The summed E-state index contributed by atoms with van der Waals surface area (Å²) in [5, 5.41) is 6.78. The second-order valence-electron chi connectivity index (χ2n) is 4.30. The first-order valence-corrected chi connectivity index (χ1v) is 6.72. The summed E-state index contributed by atoms with van der Waals surface area (Å²) in [7, 11) is 0. The van der Waals surface area contributed by atoms with E-state index in [2.05, 4.69) is 34.7 Å². The second kappa shape index (κ2) is 8.07. The summed E-state index contributed by atoms with van der Waals surface area (Å²) in [5.41, 5.74) is 1.21. The fourth-order valence-corrected chi connectivity index (χ4v) is 1.91. The van der Waals surface area contributed by atoms with Gasteiger partial charge in [0.25, 0.3) is 0 Å².